The molecule has 0 aromatic heterocycles. The highest BCUT2D eigenvalue weighted by molar-refractivity contribution is 5.20. The molecule has 3 heteroatoms. The normalized spacial score (nSPS) is 13.9. The summed E-state index contributed by atoms with van der Waals surface area (Å²) in [6.07, 6.45) is -0.503. The molecule has 0 aliphatic carbocycles. The van der Waals surface area contributed by atoms with Crippen LogP contribution in [0.4, 0.5) is 4.39 Å². The fourth-order valence-electron chi connectivity index (χ4n) is 2.14. The van der Waals surface area contributed by atoms with Crippen molar-refractivity contribution in [3.8, 4) is 0 Å². The summed E-state index contributed by atoms with van der Waals surface area (Å²) in [6, 6.07) is 16.1. The highest BCUT2D eigenvalue weighted by Crippen LogP contribution is 2.15. The Bertz CT molecular complexity index is 512. The zero-order valence-electron chi connectivity index (χ0n) is 11.6. The van der Waals surface area contributed by atoms with E-state index in [1.807, 2.05) is 30.3 Å². The Morgan fingerprint density at radius 1 is 0.950 bits per heavy atom. The van der Waals surface area contributed by atoms with Crippen molar-refractivity contribution in [2.24, 2.45) is 0 Å². The Labute approximate surface area is 119 Å². The molecule has 2 atom stereocenters. The summed E-state index contributed by atoms with van der Waals surface area (Å²) >= 11 is 0. The third-order valence-corrected chi connectivity index (χ3v) is 3.41. The average Bonchev–Trinajstić information content (AvgIpc) is 2.48. The molecule has 2 aromatic rings. The zero-order valence-corrected chi connectivity index (χ0v) is 11.6. The van der Waals surface area contributed by atoms with Crippen LogP contribution < -0.4 is 5.32 Å². The first-order chi connectivity index (χ1) is 9.66. The predicted octanol–water partition coefficient (Wildman–Crippen LogP) is 3.25. The summed E-state index contributed by atoms with van der Waals surface area (Å²) < 4.78 is 12.8. The van der Waals surface area contributed by atoms with E-state index in [9.17, 15) is 9.50 Å². The van der Waals surface area contributed by atoms with Crippen LogP contribution in [0.2, 0.25) is 0 Å². The van der Waals surface area contributed by atoms with Gasteiger partial charge in [0.15, 0.2) is 0 Å². The molecule has 0 radical (unpaired) electrons. The van der Waals surface area contributed by atoms with E-state index in [2.05, 4.69) is 12.2 Å². The second kappa shape index (κ2) is 7.17. The second-order valence-electron chi connectivity index (χ2n) is 5.04. The molecule has 0 fully saturated rings. The van der Waals surface area contributed by atoms with Gasteiger partial charge < -0.3 is 10.4 Å². The van der Waals surface area contributed by atoms with Crippen molar-refractivity contribution in [1.29, 1.82) is 0 Å². The molecule has 0 aliphatic heterocycles. The fourth-order valence-corrected chi connectivity index (χ4v) is 2.14. The third kappa shape index (κ3) is 4.15. The van der Waals surface area contributed by atoms with Crippen LogP contribution in [0, 0.1) is 5.82 Å². The summed E-state index contributed by atoms with van der Waals surface area (Å²) in [5.41, 5.74) is 2.00. The average molecular weight is 273 g/mol. The first-order valence-electron chi connectivity index (χ1n) is 6.86. The molecule has 0 bridgehead atoms. The maximum atomic E-state index is 12.8. The summed E-state index contributed by atoms with van der Waals surface area (Å²) in [5.74, 6) is 0.0620. The molecule has 2 aromatic carbocycles. The standard InChI is InChI=1S/C17H20FNO/c1-13(14-7-9-16(18)10-8-14)11-19-12-17(20)15-5-3-2-4-6-15/h2-10,13,17,19-20H,11-12H2,1H3. The smallest absolute Gasteiger partial charge is 0.123 e. The minimum Gasteiger partial charge on any atom is -0.387 e. The summed E-state index contributed by atoms with van der Waals surface area (Å²) in [6.45, 7) is 3.33. The Morgan fingerprint density at radius 2 is 1.60 bits per heavy atom. The third-order valence-electron chi connectivity index (χ3n) is 3.41. The molecule has 0 spiro atoms. The van der Waals surface area contributed by atoms with Crippen LogP contribution >= 0.6 is 0 Å². The van der Waals surface area contributed by atoms with Crippen LogP contribution in [0.15, 0.2) is 54.6 Å². The molecule has 0 saturated carbocycles. The Kier molecular flexibility index (Phi) is 5.27. The van der Waals surface area contributed by atoms with E-state index in [1.54, 1.807) is 12.1 Å². The number of hydrogen-bond donors (Lipinski definition) is 2. The lowest BCUT2D eigenvalue weighted by Gasteiger charge is -2.16. The Morgan fingerprint density at radius 3 is 2.25 bits per heavy atom. The largest absolute Gasteiger partial charge is 0.387 e. The van der Waals surface area contributed by atoms with Crippen LogP contribution in [-0.2, 0) is 0 Å². The van der Waals surface area contributed by atoms with Crippen molar-refractivity contribution in [3.05, 3.63) is 71.5 Å². The monoisotopic (exact) mass is 273 g/mol. The molecule has 0 aliphatic rings. The van der Waals surface area contributed by atoms with Crippen LogP contribution in [0.5, 0.6) is 0 Å². The molecule has 0 heterocycles. The SMILES string of the molecule is CC(CNCC(O)c1ccccc1)c1ccc(F)cc1. The fraction of sp³-hybridized carbons (Fsp3) is 0.294. The first kappa shape index (κ1) is 14.7. The molecule has 2 rings (SSSR count). The highest BCUT2D eigenvalue weighted by atomic mass is 19.1. The lowest BCUT2D eigenvalue weighted by atomic mass is 10.0. The molecule has 106 valence electrons. The molecule has 2 N–H and O–H groups in total. The Hall–Kier alpha value is -1.71. The van der Waals surface area contributed by atoms with Gasteiger partial charge in [0.05, 0.1) is 6.10 Å². The van der Waals surface area contributed by atoms with Gasteiger partial charge in [-0.3, -0.25) is 0 Å². The Balaban J connectivity index is 1.79. The summed E-state index contributed by atoms with van der Waals surface area (Å²) in [5, 5.41) is 13.3. The molecule has 0 saturated heterocycles. The van der Waals surface area contributed by atoms with Crippen molar-refractivity contribution in [3.63, 3.8) is 0 Å². The molecular formula is C17H20FNO. The number of aliphatic hydroxyl groups excluding tert-OH is 1. The van der Waals surface area contributed by atoms with Crippen molar-refractivity contribution in [1.82, 2.24) is 5.32 Å². The van der Waals surface area contributed by atoms with Gasteiger partial charge in [0.2, 0.25) is 0 Å². The maximum Gasteiger partial charge on any atom is 0.123 e. The van der Waals surface area contributed by atoms with E-state index >= 15 is 0 Å². The number of hydrogen-bond acceptors (Lipinski definition) is 2. The summed E-state index contributed by atoms with van der Waals surface area (Å²) in [4.78, 5) is 0. The van der Waals surface area contributed by atoms with E-state index < -0.39 is 6.10 Å². The number of rotatable bonds is 6. The first-order valence-corrected chi connectivity index (χ1v) is 6.86. The van der Waals surface area contributed by atoms with Crippen LogP contribution in [0.3, 0.4) is 0 Å². The number of aliphatic hydroxyl groups is 1. The van der Waals surface area contributed by atoms with Gasteiger partial charge >= 0.3 is 0 Å². The number of benzene rings is 2. The topological polar surface area (TPSA) is 32.3 Å². The van der Waals surface area contributed by atoms with Gasteiger partial charge in [0.1, 0.15) is 5.82 Å². The highest BCUT2D eigenvalue weighted by Gasteiger charge is 2.09. The summed E-state index contributed by atoms with van der Waals surface area (Å²) in [7, 11) is 0. The van der Waals surface area contributed by atoms with E-state index in [4.69, 9.17) is 0 Å². The minimum atomic E-state index is -0.503. The van der Waals surface area contributed by atoms with Crippen molar-refractivity contribution in [2.45, 2.75) is 18.9 Å². The minimum absolute atomic E-state index is 0.214. The maximum absolute atomic E-state index is 12.8. The molecule has 20 heavy (non-hydrogen) atoms. The lowest BCUT2D eigenvalue weighted by molar-refractivity contribution is 0.174. The van der Waals surface area contributed by atoms with Crippen LogP contribution in [0.25, 0.3) is 0 Å². The van der Waals surface area contributed by atoms with Crippen LogP contribution in [-0.4, -0.2) is 18.2 Å². The van der Waals surface area contributed by atoms with Crippen molar-refractivity contribution >= 4 is 0 Å². The van der Waals surface area contributed by atoms with Gasteiger partial charge in [0.25, 0.3) is 0 Å². The lowest BCUT2D eigenvalue weighted by Crippen LogP contribution is -2.25. The molecule has 2 unspecified atom stereocenters. The van der Waals surface area contributed by atoms with Crippen molar-refractivity contribution in [2.75, 3.05) is 13.1 Å². The van der Waals surface area contributed by atoms with E-state index in [0.717, 1.165) is 17.7 Å². The van der Waals surface area contributed by atoms with Crippen LogP contribution in [0.1, 0.15) is 30.1 Å². The van der Waals surface area contributed by atoms with Gasteiger partial charge in [-0.2, -0.15) is 0 Å². The van der Waals surface area contributed by atoms with Gasteiger partial charge in [-0.15, -0.1) is 0 Å². The van der Waals surface area contributed by atoms with E-state index in [-0.39, 0.29) is 11.7 Å². The van der Waals surface area contributed by atoms with Crippen molar-refractivity contribution < 1.29 is 9.50 Å². The van der Waals surface area contributed by atoms with Gasteiger partial charge in [-0.25, -0.2) is 4.39 Å². The number of halogens is 1. The van der Waals surface area contributed by atoms with E-state index in [0.29, 0.717) is 6.54 Å². The predicted molar refractivity (Wildman–Crippen MR) is 79.1 cm³/mol. The zero-order chi connectivity index (χ0) is 14.4. The van der Waals surface area contributed by atoms with Gasteiger partial charge in [0, 0.05) is 13.1 Å². The molecular weight excluding hydrogens is 253 g/mol. The molecule has 2 nitrogen and oxygen atoms in total. The number of nitrogens with one attached hydrogen (secondary N) is 1. The molecule has 0 amide bonds. The van der Waals surface area contributed by atoms with Gasteiger partial charge in [-0.05, 0) is 29.2 Å². The second-order valence-corrected chi connectivity index (χ2v) is 5.04. The van der Waals surface area contributed by atoms with Gasteiger partial charge in [-0.1, -0.05) is 49.4 Å². The van der Waals surface area contributed by atoms with E-state index in [1.165, 1.54) is 12.1 Å². The quantitative estimate of drug-likeness (QED) is 0.846.